The van der Waals surface area contributed by atoms with Gasteiger partial charge in [-0.15, -0.1) is 0 Å². The van der Waals surface area contributed by atoms with Gasteiger partial charge in [-0.05, 0) is 88.2 Å². The van der Waals surface area contributed by atoms with Crippen molar-refractivity contribution in [1.82, 2.24) is 4.90 Å². The number of nitrogens with zero attached hydrogens (tertiary/aromatic N) is 1. The van der Waals surface area contributed by atoms with E-state index in [2.05, 4.69) is 24.1 Å². The summed E-state index contributed by atoms with van der Waals surface area (Å²) in [6.45, 7) is 11.1. The van der Waals surface area contributed by atoms with Crippen LogP contribution in [-0.4, -0.2) is 49.3 Å². The Morgan fingerprint density at radius 1 is 1.14 bits per heavy atom. The summed E-state index contributed by atoms with van der Waals surface area (Å²) < 4.78 is 11.9. The van der Waals surface area contributed by atoms with Gasteiger partial charge in [0.25, 0.3) is 5.91 Å². The fraction of sp³-hybridized carbons (Fsp3) is 0.708. The van der Waals surface area contributed by atoms with E-state index >= 15 is 0 Å². The first-order valence-electron chi connectivity index (χ1n) is 11.4. The Morgan fingerprint density at radius 2 is 1.86 bits per heavy atom. The third-order valence-corrected chi connectivity index (χ3v) is 6.45. The van der Waals surface area contributed by atoms with Gasteiger partial charge in [-0.25, -0.2) is 0 Å². The number of carbonyl (C=O) groups excluding carboxylic acids is 1. The van der Waals surface area contributed by atoms with Crippen molar-refractivity contribution in [2.75, 3.05) is 38.2 Å². The first kappa shape index (κ1) is 22.1. The molecule has 162 valence electrons. The summed E-state index contributed by atoms with van der Waals surface area (Å²) in [6.07, 6.45) is 6.38. The molecule has 1 amide bonds. The zero-order chi connectivity index (χ0) is 20.7. The molecule has 1 aliphatic carbocycles. The fourth-order valence-corrected chi connectivity index (χ4v) is 4.64. The highest BCUT2D eigenvalue weighted by molar-refractivity contribution is 5.97. The van der Waals surface area contributed by atoms with Crippen LogP contribution in [0.25, 0.3) is 0 Å². The summed E-state index contributed by atoms with van der Waals surface area (Å²) in [5.41, 5.74) is 0.109. The van der Waals surface area contributed by atoms with Crippen molar-refractivity contribution in [1.29, 1.82) is 0 Å². The second-order valence-corrected chi connectivity index (χ2v) is 8.98. The Labute approximate surface area is 176 Å². The molecule has 1 N–H and O–H groups in total. The second-order valence-electron chi connectivity index (χ2n) is 8.98. The monoisotopic (exact) mass is 402 g/mol. The van der Waals surface area contributed by atoms with Crippen LogP contribution < -0.4 is 10.1 Å². The lowest BCUT2D eigenvalue weighted by Gasteiger charge is -2.38. The molecular formula is C24H38N2O3. The molecule has 5 nitrogen and oxygen atoms in total. The molecule has 0 bridgehead atoms. The van der Waals surface area contributed by atoms with Crippen LogP contribution in [0.4, 0.5) is 5.69 Å². The predicted octanol–water partition coefficient (Wildman–Crippen LogP) is 4.72. The van der Waals surface area contributed by atoms with Crippen LogP contribution >= 0.6 is 0 Å². The number of rotatable bonds is 8. The topological polar surface area (TPSA) is 50.8 Å². The van der Waals surface area contributed by atoms with Crippen LogP contribution in [0.15, 0.2) is 24.3 Å². The number of likely N-dealkylation sites (tertiary alicyclic amines) is 1. The molecule has 0 radical (unpaired) electrons. The number of nitrogens with one attached hydrogen (secondary N) is 1. The zero-order valence-electron chi connectivity index (χ0n) is 18.4. The van der Waals surface area contributed by atoms with Gasteiger partial charge < -0.3 is 14.8 Å². The molecule has 1 aromatic carbocycles. The van der Waals surface area contributed by atoms with Gasteiger partial charge >= 0.3 is 0 Å². The van der Waals surface area contributed by atoms with Gasteiger partial charge in [-0.2, -0.15) is 0 Å². The summed E-state index contributed by atoms with van der Waals surface area (Å²) in [5.74, 6) is 2.20. The Morgan fingerprint density at radius 3 is 2.52 bits per heavy atom. The number of anilines is 1. The maximum absolute atomic E-state index is 13.0. The number of hydrogen-bond donors (Lipinski definition) is 1. The van der Waals surface area contributed by atoms with Crippen molar-refractivity contribution in [2.45, 2.75) is 64.9 Å². The van der Waals surface area contributed by atoms with Crippen molar-refractivity contribution in [3.8, 4) is 5.75 Å². The van der Waals surface area contributed by atoms with Crippen LogP contribution in [0.2, 0.25) is 0 Å². The Balaban J connectivity index is 1.48. The third kappa shape index (κ3) is 6.19. The van der Waals surface area contributed by atoms with Crippen molar-refractivity contribution in [3.05, 3.63) is 24.3 Å². The van der Waals surface area contributed by atoms with Crippen LogP contribution in [0.1, 0.15) is 59.3 Å². The molecule has 1 saturated heterocycles. The van der Waals surface area contributed by atoms with E-state index in [0.29, 0.717) is 19.1 Å². The van der Waals surface area contributed by atoms with Gasteiger partial charge in [0.2, 0.25) is 0 Å². The highest BCUT2D eigenvalue weighted by Gasteiger charge is 2.42. The quantitative estimate of drug-likeness (QED) is 0.683. The van der Waals surface area contributed by atoms with E-state index < -0.39 is 5.60 Å². The maximum Gasteiger partial charge on any atom is 0.256 e. The van der Waals surface area contributed by atoms with Crippen LogP contribution in [0.3, 0.4) is 0 Å². The second kappa shape index (κ2) is 10.4. The minimum atomic E-state index is -0.687. The van der Waals surface area contributed by atoms with Gasteiger partial charge in [-0.3, -0.25) is 9.69 Å². The number of ether oxygens (including phenoxy) is 2. The summed E-state index contributed by atoms with van der Waals surface area (Å²) >= 11 is 0. The molecule has 1 saturated carbocycles. The number of hydrogen-bond acceptors (Lipinski definition) is 4. The Kier molecular flexibility index (Phi) is 7.96. The van der Waals surface area contributed by atoms with Crippen LogP contribution in [-0.2, 0) is 9.53 Å². The van der Waals surface area contributed by atoms with E-state index in [1.807, 2.05) is 31.2 Å². The minimum absolute atomic E-state index is 0.0149. The van der Waals surface area contributed by atoms with E-state index in [0.717, 1.165) is 43.2 Å². The zero-order valence-corrected chi connectivity index (χ0v) is 18.4. The lowest BCUT2D eigenvalue weighted by Crippen LogP contribution is -2.48. The van der Waals surface area contributed by atoms with Crippen molar-refractivity contribution in [3.63, 3.8) is 0 Å². The summed E-state index contributed by atoms with van der Waals surface area (Å²) in [7, 11) is 0. The first-order valence-corrected chi connectivity index (χ1v) is 11.4. The van der Waals surface area contributed by atoms with E-state index in [-0.39, 0.29) is 5.91 Å². The van der Waals surface area contributed by atoms with Gasteiger partial charge in [0, 0.05) is 18.8 Å². The van der Waals surface area contributed by atoms with Gasteiger partial charge in [0.05, 0.1) is 0 Å². The average molecular weight is 403 g/mol. The molecular weight excluding hydrogens is 364 g/mol. The number of amides is 1. The van der Waals surface area contributed by atoms with Gasteiger partial charge in [-0.1, -0.05) is 20.3 Å². The molecule has 2 aliphatic rings. The van der Waals surface area contributed by atoms with Crippen molar-refractivity contribution < 1.29 is 14.3 Å². The van der Waals surface area contributed by atoms with E-state index in [1.165, 1.54) is 32.4 Å². The molecule has 2 fully saturated rings. The molecule has 29 heavy (non-hydrogen) atoms. The standard InChI is InChI=1S/C24H38N2O3/c1-4-29-24(13-5-6-20(3)18-24)23(27)25-21-7-9-22(10-8-21)28-17-16-26-14-11-19(2)12-15-26/h7-10,19-20H,4-6,11-18H2,1-3H3,(H,25,27). The molecule has 2 unspecified atom stereocenters. The highest BCUT2D eigenvalue weighted by Crippen LogP contribution is 2.36. The molecule has 0 aromatic heterocycles. The molecule has 0 spiro atoms. The molecule has 1 aliphatic heterocycles. The molecule has 1 aromatic rings. The lowest BCUT2D eigenvalue weighted by molar-refractivity contribution is -0.147. The minimum Gasteiger partial charge on any atom is -0.492 e. The summed E-state index contributed by atoms with van der Waals surface area (Å²) in [4.78, 5) is 15.5. The first-order chi connectivity index (χ1) is 14.0. The Bertz CT molecular complexity index is 636. The third-order valence-electron chi connectivity index (χ3n) is 6.45. The predicted molar refractivity (Wildman–Crippen MR) is 117 cm³/mol. The lowest BCUT2D eigenvalue weighted by atomic mass is 9.78. The van der Waals surface area contributed by atoms with E-state index in [4.69, 9.17) is 9.47 Å². The number of piperidine rings is 1. The number of carbonyl (C=O) groups is 1. The average Bonchev–Trinajstić information content (AvgIpc) is 2.71. The van der Waals surface area contributed by atoms with Gasteiger partial charge in [0.1, 0.15) is 18.0 Å². The van der Waals surface area contributed by atoms with E-state index in [1.54, 1.807) is 0 Å². The van der Waals surface area contributed by atoms with Crippen molar-refractivity contribution in [2.24, 2.45) is 11.8 Å². The van der Waals surface area contributed by atoms with Crippen molar-refractivity contribution >= 4 is 11.6 Å². The molecule has 1 heterocycles. The largest absolute Gasteiger partial charge is 0.492 e. The molecule has 3 rings (SSSR count). The Hall–Kier alpha value is -1.59. The summed E-state index contributed by atoms with van der Waals surface area (Å²) in [5, 5.41) is 3.07. The normalized spacial score (nSPS) is 26.2. The van der Waals surface area contributed by atoms with E-state index in [9.17, 15) is 4.79 Å². The van der Waals surface area contributed by atoms with Crippen LogP contribution in [0, 0.1) is 11.8 Å². The SMILES string of the molecule is CCOC1(C(=O)Nc2ccc(OCCN3CCC(C)CC3)cc2)CCCC(C)C1. The fourth-order valence-electron chi connectivity index (χ4n) is 4.64. The number of benzene rings is 1. The highest BCUT2D eigenvalue weighted by atomic mass is 16.5. The molecule has 5 heteroatoms. The maximum atomic E-state index is 13.0. The molecule has 2 atom stereocenters. The smallest absolute Gasteiger partial charge is 0.256 e. The van der Waals surface area contributed by atoms with Crippen LogP contribution in [0.5, 0.6) is 5.75 Å². The summed E-state index contributed by atoms with van der Waals surface area (Å²) in [6, 6.07) is 7.71. The van der Waals surface area contributed by atoms with Gasteiger partial charge in [0.15, 0.2) is 0 Å².